The van der Waals surface area contributed by atoms with Crippen LogP contribution in [0.4, 0.5) is 0 Å². The Kier molecular flexibility index (Phi) is 2.29. The Labute approximate surface area is 97.6 Å². The molecule has 1 saturated heterocycles. The van der Waals surface area contributed by atoms with Crippen molar-refractivity contribution in [2.45, 2.75) is 58.2 Å². The summed E-state index contributed by atoms with van der Waals surface area (Å²) in [6.45, 7) is 5.11. The number of hydrogen-bond donors (Lipinski definition) is 1. The van der Waals surface area contributed by atoms with Crippen LogP contribution < -0.4 is 5.32 Å². The predicted molar refractivity (Wildman–Crippen MR) is 62.8 cm³/mol. The van der Waals surface area contributed by atoms with E-state index in [1.54, 1.807) is 0 Å². The van der Waals surface area contributed by atoms with Gasteiger partial charge >= 0.3 is 0 Å². The fourth-order valence-electron chi connectivity index (χ4n) is 3.49. The molecule has 0 aromatic heterocycles. The first-order valence-corrected chi connectivity index (χ1v) is 6.64. The highest BCUT2D eigenvalue weighted by Gasteiger charge is 2.55. The number of carbonyl (C=O) groups is 1. The van der Waals surface area contributed by atoms with Gasteiger partial charge in [0.25, 0.3) is 0 Å². The van der Waals surface area contributed by atoms with Crippen molar-refractivity contribution in [1.29, 1.82) is 0 Å². The van der Waals surface area contributed by atoms with E-state index < -0.39 is 0 Å². The standard InChI is InChI=1S/C13H22N2O/c1-13(2)7-10(13)15-11(16)8-14-12(15)9-5-3-4-6-9/h9-10,12,14H,3-8H2,1-2H3. The average molecular weight is 222 g/mol. The molecular formula is C13H22N2O. The van der Waals surface area contributed by atoms with Crippen molar-refractivity contribution in [3.8, 4) is 0 Å². The number of rotatable bonds is 2. The summed E-state index contributed by atoms with van der Waals surface area (Å²) < 4.78 is 0. The first kappa shape index (κ1) is 10.6. The van der Waals surface area contributed by atoms with Gasteiger partial charge < -0.3 is 4.90 Å². The third-order valence-electron chi connectivity index (χ3n) is 4.69. The first-order chi connectivity index (χ1) is 7.59. The Hall–Kier alpha value is -0.570. The second-order valence-corrected chi connectivity index (χ2v) is 6.38. The van der Waals surface area contributed by atoms with Gasteiger partial charge in [-0.1, -0.05) is 26.7 Å². The molecule has 2 atom stereocenters. The molecule has 2 unspecified atom stereocenters. The third-order valence-corrected chi connectivity index (χ3v) is 4.69. The molecule has 0 aromatic rings. The zero-order valence-electron chi connectivity index (χ0n) is 10.3. The van der Waals surface area contributed by atoms with Crippen LogP contribution in [0.2, 0.25) is 0 Å². The van der Waals surface area contributed by atoms with Crippen molar-refractivity contribution in [1.82, 2.24) is 10.2 Å². The van der Waals surface area contributed by atoms with Gasteiger partial charge in [-0.25, -0.2) is 0 Å². The maximum Gasteiger partial charge on any atom is 0.238 e. The van der Waals surface area contributed by atoms with E-state index in [4.69, 9.17) is 0 Å². The topological polar surface area (TPSA) is 32.3 Å². The third kappa shape index (κ3) is 1.56. The largest absolute Gasteiger partial charge is 0.322 e. The summed E-state index contributed by atoms with van der Waals surface area (Å²) in [6.07, 6.45) is 6.83. The summed E-state index contributed by atoms with van der Waals surface area (Å²) in [4.78, 5) is 14.2. The summed E-state index contributed by atoms with van der Waals surface area (Å²) in [5.74, 6) is 1.04. The maximum atomic E-state index is 12.0. The van der Waals surface area contributed by atoms with Gasteiger partial charge in [-0.15, -0.1) is 0 Å². The highest BCUT2D eigenvalue weighted by atomic mass is 16.2. The number of amides is 1. The number of nitrogens with zero attached hydrogens (tertiary/aromatic N) is 1. The zero-order chi connectivity index (χ0) is 11.3. The van der Waals surface area contributed by atoms with E-state index in [2.05, 4.69) is 24.1 Å². The molecule has 3 heteroatoms. The first-order valence-electron chi connectivity index (χ1n) is 6.64. The molecule has 1 heterocycles. The van der Waals surface area contributed by atoms with Gasteiger partial charge in [0.2, 0.25) is 5.91 Å². The SMILES string of the molecule is CC1(C)CC1N1C(=O)CNC1C1CCCC1. The minimum absolute atomic E-state index is 0.326. The molecule has 1 amide bonds. The molecule has 90 valence electrons. The Morgan fingerprint density at radius 3 is 2.50 bits per heavy atom. The lowest BCUT2D eigenvalue weighted by Crippen LogP contribution is -2.44. The van der Waals surface area contributed by atoms with Crippen LogP contribution in [0.3, 0.4) is 0 Å². The van der Waals surface area contributed by atoms with Crippen molar-refractivity contribution in [2.75, 3.05) is 6.54 Å². The molecule has 3 aliphatic rings. The van der Waals surface area contributed by atoms with Gasteiger partial charge in [-0.05, 0) is 30.6 Å². The van der Waals surface area contributed by atoms with E-state index in [0.717, 1.165) is 0 Å². The summed E-state index contributed by atoms with van der Waals surface area (Å²) in [7, 11) is 0. The molecule has 1 N–H and O–H groups in total. The Morgan fingerprint density at radius 1 is 1.31 bits per heavy atom. The van der Waals surface area contributed by atoms with E-state index in [1.165, 1.54) is 32.1 Å². The van der Waals surface area contributed by atoms with Crippen molar-refractivity contribution in [3.05, 3.63) is 0 Å². The monoisotopic (exact) mass is 222 g/mol. The quantitative estimate of drug-likeness (QED) is 0.771. The lowest BCUT2D eigenvalue weighted by atomic mass is 10.0. The van der Waals surface area contributed by atoms with Crippen LogP contribution in [0.15, 0.2) is 0 Å². The summed E-state index contributed by atoms with van der Waals surface area (Å²) in [6, 6.07) is 0.501. The van der Waals surface area contributed by atoms with Crippen LogP contribution in [0.25, 0.3) is 0 Å². The molecule has 2 aliphatic carbocycles. The van der Waals surface area contributed by atoms with Crippen LogP contribution in [-0.2, 0) is 4.79 Å². The van der Waals surface area contributed by atoms with Crippen molar-refractivity contribution < 1.29 is 4.79 Å². The molecule has 0 bridgehead atoms. The second kappa shape index (κ2) is 3.46. The van der Waals surface area contributed by atoms with Crippen molar-refractivity contribution >= 4 is 5.91 Å². The van der Waals surface area contributed by atoms with E-state index in [0.29, 0.717) is 36.0 Å². The van der Waals surface area contributed by atoms with Crippen LogP contribution in [0, 0.1) is 11.3 Å². The summed E-state index contributed by atoms with van der Waals surface area (Å²) in [5, 5.41) is 3.43. The zero-order valence-corrected chi connectivity index (χ0v) is 10.3. The lowest BCUT2D eigenvalue weighted by Gasteiger charge is -2.30. The lowest BCUT2D eigenvalue weighted by molar-refractivity contribution is -0.129. The van der Waals surface area contributed by atoms with Gasteiger partial charge in [-0.3, -0.25) is 10.1 Å². The fourth-order valence-corrected chi connectivity index (χ4v) is 3.49. The number of carbonyl (C=O) groups excluding carboxylic acids is 1. The summed E-state index contributed by atoms with van der Waals surface area (Å²) >= 11 is 0. The van der Waals surface area contributed by atoms with E-state index in [1.807, 2.05) is 0 Å². The van der Waals surface area contributed by atoms with Gasteiger partial charge in [-0.2, -0.15) is 0 Å². The molecule has 0 radical (unpaired) electrons. The smallest absolute Gasteiger partial charge is 0.238 e. The highest BCUT2D eigenvalue weighted by Crippen LogP contribution is 2.50. The van der Waals surface area contributed by atoms with Crippen LogP contribution in [-0.4, -0.2) is 29.6 Å². The molecule has 3 fully saturated rings. The predicted octanol–water partition coefficient (Wildman–Crippen LogP) is 1.73. The van der Waals surface area contributed by atoms with Crippen molar-refractivity contribution in [2.24, 2.45) is 11.3 Å². The molecule has 16 heavy (non-hydrogen) atoms. The molecule has 2 saturated carbocycles. The maximum absolute atomic E-state index is 12.0. The molecule has 3 nitrogen and oxygen atoms in total. The normalized spacial score (nSPS) is 38.4. The fraction of sp³-hybridized carbons (Fsp3) is 0.923. The average Bonchev–Trinajstić information content (AvgIpc) is 2.68. The van der Waals surface area contributed by atoms with Gasteiger partial charge in [0.15, 0.2) is 0 Å². The molecular weight excluding hydrogens is 200 g/mol. The Morgan fingerprint density at radius 2 is 1.94 bits per heavy atom. The minimum Gasteiger partial charge on any atom is -0.322 e. The minimum atomic E-state index is 0.326. The van der Waals surface area contributed by atoms with Gasteiger partial charge in [0.05, 0.1) is 12.7 Å². The molecule has 0 spiro atoms. The van der Waals surface area contributed by atoms with Gasteiger partial charge in [0, 0.05) is 6.04 Å². The van der Waals surface area contributed by atoms with Crippen LogP contribution in [0.5, 0.6) is 0 Å². The molecule has 1 aliphatic heterocycles. The van der Waals surface area contributed by atoms with E-state index in [9.17, 15) is 4.79 Å². The van der Waals surface area contributed by atoms with E-state index >= 15 is 0 Å². The second-order valence-electron chi connectivity index (χ2n) is 6.38. The Balaban J connectivity index is 1.75. The van der Waals surface area contributed by atoms with Crippen LogP contribution >= 0.6 is 0 Å². The molecule has 0 aromatic carbocycles. The van der Waals surface area contributed by atoms with Crippen molar-refractivity contribution in [3.63, 3.8) is 0 Å². The Bertz CT molecular complexity index is 307. The van der Waals surface area contributed by atoms with E-state index in [-0.39, 0.29) is 0 Å². The highest BCUT2D eigenvalue weighted by molar-refractivity contribution is 5.81. The number of hydrogen-bond acceptors (Lipinski definition) is 2. The number of nitrogens with one attached hydrogen (secondary N) is 1. The summed E-state index contributed by atoms with van der Waals surface area (Å²) in [5.41, 5.74) is 0.360. The van der Waals surface area contributed by atoms with Crippen LogP contribution in [0.1, 0.15) is 46.0 Å². The molecule has 3 rings (SSSR count). The van der Waals surface area contributed by atoms with Gasteiger partial charge in [0.1, 0.15) is 0 Å².